The van der Waals surface area contributed by atoms with E-state index in [1.165, 1.54) is 5.39 Å². The van der Waals surface area contributed by atoms with Crippen LogP contribution in [-0.2, 0) is 0 Å². The zero-order valence-electron chi connectivity index (χ0n) is 15.6. The van der Waals surface area contributed by atoms with Gasteiger partial charge in [0.1, 0.15) is 11.5 Å². The van der Waals surface area contributed by atoms with Gasteiger partial charge in [-0.15, -0.1) is 0 Å². The number of benzene rings is 4. The van der Waals surface area contributed by atoms with Crippen molar-refractivity contribution in [3.8, 4) is 22.6 Å². The highest BCUT2D eigenvalue weighted by molar-refractivity contribution is 6.07. The number of fused-ring (bicyclic) bond motifs is 2. The lowest BCUT2D eigenvalue weighted by atomic mass is 9.93. The Bertz CT molecular complexity index is 1130. The Morgan fingerprint density at radius 3 is 2.04 bits per heavy atom. The van der Waals surface area contributed by atoms with Crippen LogP contribution in [0.25, 0.3) is 32.7 Å². The zero-order chi connectivity index (χ0) is 19.0. The Morgan fingerprint density at radius 2 is 1.33 bits per heavy atom. The third kappa shape index (κ3) is 2.85. The summed E-state index contributed by atoms with van der Waals surface area (Å²) in [6.07, 6.45) is 0. The quantitative estimate of drug-likeness (QED) is 0.352. The maximum atomic E-state index is 10.7. The van der Waals surface area contributed by atoms with Gasteiger partial charge >= 0.3 is 0 Å². The number of hydrogen-bond acceptors (Lipinski definition) is 3. The van der Waals surface area contributed by atoms with E-state index in [4.69, 9.17) is 0 Å². The standard InChI is InChI=1S/C24H23NO2/c1-3-25(4-2)24-22(27)13-12-21(26)23(24)19-11-7-10-18-14-16-8-5-6-9-17(16)15-20(18)19/h5-15,26-27H,3-4H2,1-2H3. The van der Waals surface area contributed by atoms with Crippen molar-refractivity contribution in [1.29, 1.82) is 0 Å². The molecule has 0 aromatic heterocycles. The molecule has 4 aromatic rings. The molecule has 136 valence electrons. The molecule has 0 aliphatic heterocycles. The monoisotopic (exact) mass is 357 g/mol. The van der Waals surface area contributed by atoms with E-state index in [-0.39, 0.29) is 11.5 Å². The lowest BCUT2D eigenvalue weighted by Gasteiger charge is -2.26. The first-order valence-corrected chi connectivity index (χ1v) is 9.35. The van der Waals surface area contributed by atoms with Crippen LogP contribution in [0.15, 0.2) is 66.7 Å². The molecule has 3 nitrogen and oxygen atoms in total. The van der Waals surface area contributed by atoms with Crippen LogP contribution >= 0.6 is 0 Å². The van der Waals surface area contributed by atoms with E-state index in [0.717, 1.165) is 34.8 Å². The highest BCUT2D eigenvalue weighted by atomic mass is 16.3. The number of hydrogen-bond donors (Lipinski definition) is 2. The number of aromatic hydroxyl groups is 2. The molecule has 0 radical (unpaired) electrons. The maximum absolute atomic E-state index is 10.7. The smallest absolute Gasteiger partial charge is 0.139 e. The Labute approximate surface area is 159 Å². The van der Waals surface area contributed by atoms with E-state index in [0.29, 0.717) is 11.3 Å². The van der Waals surface area contributed by atoms with Crippen molar-refractivity contribution in [3.05, 3.63) is 66.7 Å². The predicted molar refractivity (Wildman–Crippen MR) is 114 cm³/mol. The molecule has 3 heteroatoms. The van der Waals surface area contributed by atoms with Crippen LogP contribution in [0, 0.1) is 0 Å². The number of phenolic OH excluding ortho intramolecular Hbond substituents is 2. The van der Waals surface area contributed by atoms with E-state index >= 15 is 0 Å². The molecule has 4 rings (SSSR count). The first-order valence-electron chi connectivity index (χ1n) is 9.35. The minimum atomic E-state index is 0.176. The second kappa shape index (κ2) is 6.84. The van der Waals surface area contributed by atoms with Crippen LogP contribution < -0.4 is 4.90 Å². The van der Waals surface area contributed by atoms with E-state index in [2.05, 4.69) is 35.2 Å². The van der Waals surface area contributed by atoms with Gasteiger partial charge in [-0.1, -0.05) is 42.5 Å². The number of rotatable bonds is 4. The average Bonchev–Trinajstić information content (AvgIpc) is 2.69. The first-order chi connectivity index (χ1) is 13.1. The summed E-state index contributed by atoms with van der Waals surface area (Å²) in [5.41, 5.74) is 2.29. The van der Waals surface area contributed by atoms with Crippen LogP contribution in [0.5, 0.6) is 11.5 Å². The minimum Gasteiger partial charge on any atom is -0.507 e. The lowest BCUT2D eigenvalue weighted by molar-refractivity contribution is 0.461. The van der Waals surface area contributed by atoms with Gasteiger partial charge in [0.05, 0.1) is 11.3 Å². The van der Waals surface area contributed by atoms with Crippen molar-refractivity contribution in [3.63, 3.8) is 0 Å². The SMILES string of the molecule is CCN(CC)c1c(O)ccc(O)c1-c1cccc2cc3ccccc3cc12. The summed E-state index contributed by atoms with van der Waals surface area (Å²) in [7, 11) is 0. The molecule has 0 aliphatic rings. The molecular weight excluding hydrogens is 334 g/mol. The van der Waals surface area contributed by atoms with Crippen LogP contribution in [0.2, 0.25) is 0 Å². The zero-order valence-corrected chi connectivity index (χ0v) is 15.6. The third-order valence-corrected chi connectivity index (χ3v) is 5.23. The second-order valence-corrected chi connectivity index (χ2v) is 6.73. The molecule has 0 aliphatic carbocycles. The van der Waals surface area contributed by atoms with Gasteiger partial charge in [-0.05, 0) is 65.2 Å². The highest BCUT2D eigenvalue weighted by Gasteiger charge is 2.20. The van der Waals surface area contributed by atoms with Gasteiger partial charge in [0.15, 0.2) is 0 Å². The fraction of sp³-hybridized carbons (Fsp3) is 0.167. The number of anilines is 1. The summed E-state index contributed by atoms with van der Waals surface area (Å²) in [6.45, 7) is 5.59. The van der Waals surface area contributed by atoms with Gasteiger partial charge in [0, 0.05) is 13.1 Å². The van der Waals surface area contributed by atoms with Gasteiger partial charge in [0.25, 0.3) is 0 Å². The van der Waals surface area contributed by atoms with Crippen molar-refractivity contribution in [2.45, 2.75) is 13.8 Å². The van der Waals surface area contributed by atoms with Crippen molar-refractivity contribution in [1.82, 2.24) is 0 Å². The summed E-state index contributed by atoms with van der Waals surface area (Å²) in [5, 5.41) is 25.9. The van der Waals surface area contributed by atoms with Crippen LogP contribution in [0.1, 0.15) is 13.8 Å². The van der Waals surface area contributed by atoms with E-state index in [9.17, 15) is 10.2 Å². The molecule has 0 atom stereocenters. The van der Waals surface area contributed by atoms with Crippen molar-refractivity contribution < 1.29 is 10.2 Å². The summed E-state index contributed by atoms with van der Waals surface area (Å²) >= 11 is 0. The largest absolute Gasteiger partial charge is 0.507 e. The van der Waals surface area contributed by atoms with E-state index < -0.39 is 0 Å². The maximum Gasteiger partial charge on any atom is 0.139 e. The Kier molecular flexibility index (Phi) is 4.36. The van der Waals surface area contributed by atoms with Crippen molar-refractivity contribution in [2.24, 2.45) is 0 Å². The minimum absolute atomic E-state index is 0.176. The van der Waals surface area contributed by atoms with Gasteiger partial charge in [-0.2, -0.15) is 0 Å². The fourth-order valence-corrected chi connectivity index (χ4v) is 3.88. The topological polar surface area (TPSA) is 43.7 Å². The molecule has 0 unspecified atom stereocenters. The molecule has 0 amide bonds. The summed E-state index contributed by atoms with van der Waals surface area (Å²) < 4.78 is 0. The van der Waals surface area contributed by atoms with Crippen LogP contribution in [-0.4, -0.2) is 23.3 Å². The molecule has 0 spiro atoms. The fourth-order valence-electron chi connectivity index (χ4n) is 3.88. The Hall–Kier alpha value is -3.20. The molecule has 0 fully saturated rings. The van der Waals surface area contributed by atoms with Gasteiger partial charge in [-0.25, -0.2) is 0 Å². The highest BCUT2D eigenvalue weighted by Crippen LogP contribution is 2.46. The third-order valence-electron chi connectivity index (χ3n) is 5.23. The average molecular weight is 357 g/mol. The Morgan fingerprint density at radius 1 is 0.704 bits per heavy atom. The molecule has 27 heavy (non-hydrogen) atoms. The molecule has 4 aromatic carbocycles. The Balaban J connectivity index is 2.08. The molecule has 2 N–H and O–H groups in total. The molecule has 0 bridgehead atoms. The normalized spacial score (nSPS) is 11.2. The van der Waals surface area contributed by atoms with Gasteiger partial charge < -0.3 is 15.1 Å². The lowest BCUT2D eigenvalue weighted by Crippen LogP contribution is -2.22. The summed E-state index contributed by atoms with van der Waals surface area (Å²) in [5.74, 6) is 0.361. The van der Waals surface area contributed by atoms with Crippen molar-refractivity contribution in [2.75, 3.05) is 18.0 Å². The number of nitrogens with zero attached hydrogens (tertiary/aromatic N) is 1. The van der Waals surface area contributed by atoms with Crippen LogP contribution in [0.3, 0.4) is 0 Å². The van der Waals surface area contributed by atoms with E-state index in [1.54, 1.807) is 12.1 Å². The number of phenols is 2. The van der Waals surface area contributed by atoms with Gasteiger partial charge in [-0.3, -0.25) is 0 Å². The first kappa shape index (κ1) is 17.2. The molecule has 0 saturated heterocycles. The second-order valence-electron chi connectivity index (χ2n) is 6.73. The van der Waals surface area contributed by atoms with Crippen molar-refractivity contribution >= 4 is 27.2 Å². The molecule has 0 heterocycles. The summed E-state index contributed by atoms with van der Waals surface area (Å²) in [4.78, 5) is 2.07. The van der Waals surface area contributed by atoms with E-state index in [1.807, 2.05) is 38.1 Å². The summed E-state index contributed by atoms with van der Waals surface area (Å²) in [6, 6.07) is 21.8. The van der Waals surface area contributed by atoms with Crippen LogP contribution in [0.4, 0.5) is 5.69 Å². The molecular formula is C24H23NO2. The molecule has 0 saturated carbocycles. The van der Waals surface area contributed by atoms with Gasteiger partial charge in [0.2, 0.25) is 0 Å². The predicted octanol–water partition coefficient (Wildman–Crippen LogP) is 5.92.